The Morgan fingerprint density at radius 3 is 2.07 bits per heavy atom. The van der Waals surface area contributed by atoms with Crippen molar-refractivity contribution in [3.05, 3.63) is 93.3 Å². The summed E-state index contributed by atoms with van der Waals surface area (Å²) in [6, 6.07) is 6.55. The van der Waals surface area contributed by atoms with Crippen molar-refractivity contribution in [1.82, 2.24) is 19.1 Å². The van der Waals surface area contributed by atoms with Crippen LogP contribution in [-0.4, -0.2) is 67.6 Å². The summed E-state index contributed by atoms with van der Waals surface area (Å²) >= 11 is 0. The molecular formula is C26H23FN4O11. The van der Waals surface area contributed by atoms with Crippen LogP contribution in [0.5, 0.6) is 0 Å². The van der Waals surface area contributed by atoms with E-state index in [1.165, 1.54) is 49.1 Å². The van der Waals surface area contributed by atoms with Crippen LogP contribution in [0.3, 0.4) is 0 Å². The second-order valence-electron chi connectivity index (χ2n) is 8.79. The number of hydrogen-bond donors (Lipinski definition) is 0. The Morgan fingerprint density at radius 2 is 1.52 bits per heavy atom. The number of carbonyl (C=O) groups is 4. The molecule has 16 heteroatoms. The van der Waals surface area contributed by atoms with Crippen LogP contribution in [0.2, 0.25) is 0 Å². The summed E-state index contributed by atoms with van der Waals surface area (Å²) in [6.07, 6.45) is 0.456. The molecule has 3 aromatic heterocycles. The Hall–Kier alpha value is -5.25. The fourth-order valence-corrected chi connectivity index (χ4v) is 3.97. The summed E-state index contributed by atoms with van der Waals surface area (Å²) in [5, 5.41) is 0. The van der Waals surface area contributed by atoms with Gasteiger partial charge in [-0.15, -0.1) is 0 Å². The lowest BCUT2D eigenvalue weighted by molar-refractivity contribution is -0.217. The largest absolute Gasteiger partial charge is 0.456 e. The lowest BCUT2D eigenvalue weighted by Crippen LogP contribution is -2.48. The average Bonchev–Trinajstić information content (AvgIpc) is 3.22. The van der Waals surface area contributed by atoms with Crippen molar-refractivity contribution in [3.8, 4) is 0 Å². The standard InChI is InChI=1S/C26H23FN4O11/c1-15(32)40-20-21(41-16(2)33)26(27,13-38-23(35)17-5-3-8-28-11-17)42-22(20)30-10-7-19(34)31(25(30)37)14-39-24(36)18-6-4-9-29-12-18/h3-12,20-22H,13-14H2,1-2H3/t20-,21+,22-,26-/m1/s1. The van der Waals surface area contributed by atoms with E-state index in [1.807, 2.05) is 0 Å². The maximum atomic E-state index is 16.4. The second-order valence-corrected chi connectivity index (χ2v) is 8.79. The summed E-state index contributed by atoms with van der Waals surface area (Å²) in [6.45, 7) is -0.0918. The van der Waals surface area contributed by atoms with Gasteiger partial charge >= 0.3 is 29.6 Å². The van der Waals surface area contributed by atoms with Crippen LogP contribution in [0, 0.1) is 0 Å². The van der Waals surface area contributed by atoms with E-state index in [2.05, 4.69) is 9.97 Å². The first-order valence-electron chi connectivity index (χ1n) is 12.2. The highest BCUT2D eigenvalue weighted by atomic mass is 19.2. The number of aromatic nitrogens is 4. The average molecular weight is 586 g/mol. The molecule has 4 rings (SSSR count). The predicted molar refractivity (Wildman–Crippen MR) is 134 cm³/mol. The molecule has 15 nitrogen and oxygen atoms in total. The molecule has 0 spiro atoms. The van der Waals surface area contributed by atoms with E-state index < -0.39 is 72.8 Å². The van der Waals surface area contributed by atoms with E-state index in [0.717, 1.165) is 26.1 Å². The summed E-state index contributed by atoms with van der Waals surface area (Å²) in [4.78, 5) is 81.9. The van der Waals surface area contributed by atoms with Gasteiger partial charge in [-0.2, -0.15) is 0 Å². The highest BCUT2D eigenvalue weighted by Gasteiger charge is 2.62. The molecule has 0 unspecified atom stereocenters. The van der Waals surface area contributed by atoms with Crippen LogP contribution in [0.25, 0.3) is 0 Å². The van der Waals surface area contributed by atoms with Crippen molar-refractivity contribution in [2.24, 2.45) is 0 Å². The van der Waals surface area contributed by atoms with Gasteiger partial charge < -0.3 is 23.7 Å². The Kier molecular flexibility index (Phi) is 8.85. The van der Waals surface area contributed by atoms with Gasteiger partial charge in [0.25, 0.3) is 11.4 Å². The monoisotopic (exact) mass is 586 g/mol. The molecule has 0 aromatic carbocycles. The molecule has 1 fully saturated rings. The van der Waals surface area contributed by atoms with Gasteiger partial charge in [0.1, 0.15) is 0 Å². The molecule has 4 heterocycles. The summed E-state index contributed by atoms with van der Waals surface area (Å²) in [5.41, 5.74) is -2.05. The van der Waals surface area contributed by atoms with Crippen molar-refractivity contribution >= 4 is 23.9 Å². The predicted octanol–water partition coefficient (Wildman–Crippen LogP) is 0.529. The first-order chi connectivity index (χ1) is 20.0. The number of alkyl halides is 1. The van der Waals surface area contributed by atoms with Crippen LogP contribution in [-0.2, 0) is 40.0 Å². The van der Waals surface area contributed by atoms with Gasteiger partial charge in [0.15, 0.2) is 25.7 Å². The zero-order chi connectivity index (χ0) is 30.4. The van der Waals surface area contributed by atoms with Gasteiger partial charge in [0.2, 0.25) is 6.10 Å². The topological polar surface area (TPSA) is 184 Å². The Morgan fingerprint density at radius 1 is 0.929 bits per heavy atom. The zero-order valence-corrected chi connectivity index (χ0v) is 22.1. The molecular weight excluding hydrogens is 563 g/mol. The molecule has 0 bridgehead atoms. The molecule has 4 atom stereocenters. The summed E-state index contributed by atoms with van der Waals surface area (Å²) < 4.78 is 43.3. The number of rotatable bonds is 9. The Labute approximate surface area is 235 Å². The van der Waals surface area contributed by atoms with Gasteiger partial charge in [-0.05, 0) is 24.3 Å². The maximum absolute atomic E-state index is 16.4. The molecule has 0 N–H and O–H groups in total. The third-order valence-corrected chi connectivity index (χ3v) is 5.80. The van der Waals surface area contributed by atoms with E-state index in [-0.39, 0.29) is 11.1 Å². The van der Waals surface area contributed by atoms with Crippen molar-refractivity contribution in [1.29, 1.82) is 0 Å². The van der Waals surface area contributed by atoms with Crippen LogP contribution in [0.1, 0.15) is 40.8 Å². The highest BCUT2D eigenvalue weighted by Crippen LogP contribution is 2.42. The number of nitrogens with zero attached hydrogens (tertiary/aromatic N) is 4. The van der Waals surface area contributed by atoms with Crippen LogP contribution >= 0.6 is 0 Å². The van der Waals surface area contributed by atoms with Crippen LogP contribution in [0.15, 0.2) is 70.9 Å². The maximum Gasteiger partial charge on any atom is 0.341 e. The number of carbonyl (C=O) groups excluding carboxylic acids is 4. The van der Waals surface area contributed by atoms with E-state index in [4.69, 9.17) is 23.7 Å². The van der Waals surface area contributed by atoms with Gasteiger partial charge in [0.05, 0.1) is 11.1 Å². The van der Waals surface area contributed by atoms with E-state index in [9.17, 15) is 28.8 Å². The van der Waals surface area contributed by atoms with E-state index in [1.54, 1.807) is 0 Å². The molecule has 220 valence electrons. The minimum absolute atomic E-state index is 0.0275. The Balaban J connectivity index is 1.66. The van der Waals surface area contributed by atoms with Crippen molar-refractivity contribution < 1.29 is 47.3 Å². The SMILES string of the molecule is CC(=O)O[C@H]1[C@H](n2ccc(=O)n(COC(=O)c3cccnc3)c2=O)O[C@](F)(COC(=O)c2cccnc2)[C@H]1OC(C)=O. The van der Waals surface area contributed by atoms with Crippen LogP contribution in [0.4, 0.5) is 4.39 Å². The minimum atomic E-state index is -3.14. The minimum Gasteiger partial charge on any atom is -0.456 e. The molecule has 0 aliphatic carbocycles. The molecule has 42 heavy (non-hydrogen) atoms. The highest BCUT2D eigenvalue weighted by molar-refractivity contribution is 5.89. The number of ether oxygens (including phenoxy) is 5. The zero-order valence-electron chi connectivity index (χ0n) is 22.1. The van der Waals surface area contributed by atoms with Crippen molar-refractivity contribution in [2.45, 2.75) is 44.9 Å². The fraction of sp³-hybridized carbons (Fsp3) is 0.308. The van der Waals surface area contributed by atoms with Gasteiger partial charge in [-0.25, -0.2) is 23.3 Å². The first-order valence-corrected chi connectivity index (χ1v) is 12.2. The Bertz CT molecular complexity index is 1590. The van der Waals surface area contributed by atoms with Crippen molar-refractivity contribution in [3.63, 3.8) is 0 Å². The first kappa shape index (κ1) is 29.7. The van der Waals surface area contributed by atoms with Crippen LogP contribution < -0.4 is 11.2 Å². The molecule has 0 radical (unpaired) electrons. The number of hydrogen-bond acceptors (Lipinski definition) is 13. The van der Waals surface area contributed by atoms with Gasteiger partial charge in [-0.3, -0.25) is 28.9 Å². The lowest BCUT2D eigenvalue weighted by Gasteiger charge is -2.26. The fourth-order valence-electron chi connectivity index (χ4n) is 3.97. The molecule has 1 aliphatic heterocycles. The lowest BCUT2D eigenvalue weighted by atomic mass is 10.1. The van der Waals surface area contributed by atoms with Gasteiger partial charge in [-0.1, -0.05) is 0 Å². The second kappa shape index (κ2) is 12.5. The third kappa shape index (κ3) is 6.55. The smallest absolute Gasteiger partial charge is 0.341 e. The summed E-state index contributed by atoms with van der Waals surface area (Å²) in [5.74, 6) is -7.01. The molecule has 1 aliphatic rings. The number of halogens is 1. The third-order valence-electron chi connectivity index (χ3n) is 5.80. The molecule has 0 saturated carbocycles. The quantitative estimate of drug-likeness (QED) is 0.250. The van der Waals surface area contributed by atoms with Crippen molar-refractivity contribution in [2.75, 3.05) is 6.61 Å². The number of pyridine rings is 2. The summed E-state index contributed by atoms with van der Waals surface area (Å²) in [7, 11) is 0. The van der Waals surface area contributed by atoms with E-state index in [0.29, 0.717) is 9.13 Å². The normalized spacial score (nSPS) is 21.3. The number of esters is 4. The molecule has 3 aromatic rings. The molecule has 0 amide bonds. The van der Waals surface area contributed by atoms with E-state index >= 15 is 4.39 Å². The molecule has 1 saturated heterocycles. The van der Waals surface area contributed by atoms with Gasteiger partial charge in [0, 0.05) is 50.9 Å².